The molecule has 5 rings (SSSR count). The highest BCUT2D eigenvalue weighted by atomic mass is 79.9. The normalized spacial score (nSPS) is 15.7. The highest BCUT2D eigenvalue weighted by Crippen LogP contribution is 2.33. The monoisotopic (exact) mass is 550 g/mol. The van der Waals surface area contributed by atoms with Crippen LogP contribution in [0.1, 0.15) is 16.8 Å². The van der Waals surface area contributed by atoms with Gasteiger partial charge in [-0.05, 0) is 78.9 Å². The van der Waals surface area contributed by atoms with Gasteiger partial charge in [-0.15, -0.1) is 0 Å². The maximum Gasteiger partial charge on any atom is 0.259 e. The van der Waals surface area contributed by atoms with Crippen LogP contribution < -0.4 is 9.80 Å². The molecule has 1 amide bonds. The highest BCUT2D eigenvalue weighted by Gasteiger charge is 2.26. The molecular formula is C28H28BrFN4O2. The molecule has 186 valence electrons. The molecule has 1 aliphatic rings. The Bertz CT molecular complexity index is 1450. The van der Waals surface area contributed by atoms with Crippen molar-refractivity contribution in [3.8, 4) is 11.6 Å². The van der Waals surface area contributed by atoms with Crippen LogP contribution in [0.25, 0.3) is 16.5 Å². The van der Waals surface area contributed by atoms with E-state index >= 15 is 4.39 Å². The lowest BCUT2D eigenvalue weighted by Crippen LogP contribution is -2.31. The molecule has 1 atom stereocenters. The van der Waals surface area contributed by atoms with Gasteiger partial charge in [-0.2, -0.15) is 0 Å². The van der Waals surface area contributed by atoms with Crippen molar-refractivity contribution in [3.63, 3.8) is 0 Å². The topological polar surface area (TPSA) is 52.0 Å². The summed E-state index contributed by atoms with van der Waals surface area (Å²) in [7, 11) is 5.73. The Morgan fingerprint density at radius 2 is 1.86 bits per heavy atom. The molecule has 0 spiro atoms. The fourth-order valence-electron chi connectivity index (χ4n) is 4.81. The SMILES string of the molecule is CN(C(=O)c1ccc(-n2cc3ccccc3c2O)cc1Br)c1ccc(N2CCC(N(C)C)C2)c(F)c1. The minimum Gasteiger partial charge on any atom is -0.494 e. The van der Waals surface area contributed by atoms with Crippen molar-refractivity contribution in [3.05, 3.63) is 82.7 Å². The number of nitrogens with zero attached hydrogens (tertiary/aromatic N) is 4. The number of halogens is 2. The van der Waals surface area contributed by atoms with Crippen LogP contribution in [-0.2, 0) is 0 Å². The summed E-state index contributed by atoms with van der Waals surface area (Å²) in [6, 6.07) is 18.2. The molecular weight excluding hydrogens is 523 g/mol. The molecule has 1 fully saturated rings. The second kappa shape index (κ2) is 9.59. The van der Waals surface area contributed by atoms with E-state index in [0.717, 1.165) is 30.3 Å². The van der Waals surface area contributed by atoms with E-state index in [1.165, 1.54) is 11.0 Å². The van der Waals surface area contributed by atoms with Gasteiger partial charge >= 0.3 is 0 Å². The van der Waals surface area contributed by atoms with Crippen LogP contribution in [0.5, 0.6) is 5.88 Å². The molecule has 4 aromatic rings. The van der Waals surface area contributed by atoms with Gasteiger partial charge in [0.05, 0.1) is 11.3 Å². The minimum absolute atomic E-state index is 0.138. The molecule has 1 aliphatic heterocycles. The Balaban J connectivity index is 1.37. The van der Waals surface area contributed by atoms with Crippen LogP contribution in [0.2, 0.25) is 0 Å². The van der Waals surface area contributed by atoms with Gasteiger partial charge in [0.2, 0.25) is 5.88 Å². The Kier molecular flexibility index (Phi) is 6.49. The van der Waals surface area contributed by atoms with Crippen molar-refractivity contribution in [1.82, 2.24) is 9.47 Å². The first-order chi connectivity index (χ1) is 17.2. The lowest BCUT2D eigenvalue weighted by Gasteiger charge is -2.24. The molecule has 2 heterocycles. The van der Waals surface area contributed by atoms with Gasteiger partial charge in [0, 0.05) is 59.0 Å². The van der Waals surface area contributed by atoms with E-state index in [1.54, 1.807) is 41.9 Å². The zero-order chi connectivity index (χ0) is 25.6. The summed E-state index contributed by atoms with van der Waals surface area (Å²) in [6.45, 7) is 1.59. The first-order valence-corrected chi connectivity index (χ1v) is 12.6. The van der Waals surface area contributed by atoms with E-state index in [1.807, 2.05) is 44.6 Å². The van der Waals surface area contributed by atoms with E-state index in [2.05, 4.69) is 25.7 Å². The zero-order valence-corrected chi connectivity index (χ0v) is 22.0. The first kappa shape index (κ1) is 24.3. The van der Waals surface area contributed by atoms with E-state index in [9.17, 15) is 9.90 Å². The van der Waals surface area contributed by atoms with Gasteiger partial charge in [-0.25, -0.2) is 4.39 Å². The van der Waals surface area contributed by atoms with Crippen molar-refractivity contribution < 1.29 is 14.3 Å². The predicted octanol–water partition coefficient (Wildman–Crippen LogP) is 5.65. The molecule has 1 unspecified atom stereocenters. The summed E-state index contributed by atoms with van der Waals surface area (Å²) in [4.78, 5) is 19.0. The van der Waals surface area contributed by atoms with Crippen molar-refractivity contribution in [2.24, 2.45) is 0 Å². The average molecular weight is 551 g/mol. The number of hydrogen-bond donors (Lipinski definition) is 1. The van der Waals surface area contributed by atoms with Crippen molar-refractivity contribution >= 4 is 44.0 Å². The van der Waals surface area contributed by atoms with Crippen molar-refractivity contribution in [2.45, 2.75) is 12.5 Å². The number of aromatic hydroxyl groups is 1. The molecule has 3 aromatic carbocycles. The first-order valence-electron chi connectivity index (χ1n) is 11.8. The quantitative estimate of drug-likeness (QED) is 0.348. The van der Waals surface area contributed by atoms with Gasteiger partial charge in [0.25, 0.3) is 5.91 Å². The smallest absolute Gasteiger partial charge is 0.259 e. The average Bonchev–Trinajstić information content (AvgIpc) is 3.49. The number of carbonyl (C=O) groups is 1. The van der Waals surface area contributed by atoms with E-state index in [0.29, 0.717) is 33.1 Å². The third kappa shape index (κ3) is 4.35. The highest BCUT2D eigenvalue weighted by molar-refractivity contribution is 9.10. The van der Waals surface area contributed by atoms with Crippen LogP contribution in [0.15, 0.2) is 71.3 Å². The summed E-state index contributed by atoms with van der Waals surface area (Å²) < 4.78 is 17.3. The number of aromatic nitrogens is 1. The third-order valence-electron chi connectivity index (χ3n) is 7.02. The van der Waals surface area contributed by atoms with Crippen LogP contribution in [0.3, 0.4) is 0 Å². The van der Waals surface area contributed by atoms with Gasteiger partial charge in [-0.1, -0.05) is 18.2 Å². The molecule has 0 aliphatic carbocycles. The minimum atomic E-state index is -0.337. The molecule has 36 heavy (non-hydrogen) atoms. The maximum atomic E-state index is 15.1. The molecule has 0 bridgehead atoms. The number of carbonyl (C=O) groups excluding carboxylic acids is 1. The van der Waals surface area contributed by atoms with Gasteiger partial charge in [-0.3, -0.25) is 9.36 Å². The summed E-state index contributed by atoms with van der Waals surface area (Å²) in [5, 5.41) is 12.3. The summed E-state index contributed by atoms with van der Waals surface area (Å²) in [5.74, 6) is -0.466. The number of fused-ring (bicyclic) bond motifs is 1. The number of likely N-dealkylation sites (N-methyl/N-ethyl adjacent to an activating group) is 1. The van der Waals surface area contributed by atoms with Crippen LogP contribution in [0.4, 0.5) is 15.8 Å². The summed E-state index contributed by atoms with van der Waals surface area (Å²) >= 11 is 3.52. The standard InChI is InChI=1S/C28H28BrFN4O2/c1-31(2)21-12-13-33(17-21)26-11-9-19(15-25(26)30)32(3)27(35)23-10-8-20(14-24(23)29)34-16-18-6-4-5-7-22(18)28(34)36/h4-11,14-16,21,36H,12-13,17H2,1-3H3. The second-order valence-corrected chi connectivity index (χ2v) is 10.3. The van der Waals surface area contributed by atoms with Crippen molar-refractivity contribution in [1.29, 1.82) is 0 Å². The molecule has 1 saturated heterocycles. The Labute approximate surface area is 218 Å². The number of hydrogen-bond acceptors (Lipinski definition) is 4. The lowest BCUT2D eigenvalue weighted by molar-refractivity contribution is 0.0992. The third-order valence-corrected chi connectivity index (χ3v) is 7.67. The van der Waals surface area contributed by atoms with Crippen LogP contribution in [-0.4, -0.2) is 60.8 Å². The van der Waals surface area contributed by atoms with Gasteiger partial charge in [0.1, 0.15) is 5.82 Å². The fraction of sp³-hybridized carbons (Fsp3) is 0.250. The van der Waals surface area contributed by atoms with Gasteiger partial charge in [0.15, 0.2) is 0 Å². The van der Waals surface area contributed by atoms with Crippen molar-refractivity contribution in [2.75, 3.05) is 44.0 Å². The number of rotatable bonds is 5. The second-order valence-electron chi connectivity index (χ2n) is 9.43. The molecule has 1 N–H and O–H groups in total. The molecule has 1 aromatic heterocycles. The van der Waals surface area contributed by atoms with Crippen LogP contribution >= 0.6 is 15.9 Å². The Hall–Kier alpha value is -3.36. The molecule has 8 heteroatoms. The predicted molar refractivity (Wildman–Crippen MR) is 146 cm³/mol. The Morgan fingerprint density at radius 3 is 2.53 bits per heavy atom. The molecule has 6 nitrogen and oxygen atoms in total. The number of amides is 1. The fourth-order valence-corrected chi connectivity index (χ4v) is 5.34. The lowest BCUT2D eigenvalue weighted by atomic mass is 10.1. The van der Waals surface area contributed by atoms with E-state index in [-0.39, 0.29) is 17.6 Å². The largest absolute Gasteiger partial charge is 0.494 e. The van der Waals surface area contributed by atoms with E-state index < -0.39 is 0 Å². The van der Waals surface area contributed by atoms with Crippen LogP contribution in [0, 0.1) is 5.82 Å². The van der Waals surface area contributed by atoms with Gasteiger partial charge < -0.3 is 19.8 Å². The summed E-state index contributed by atoms with van der Waals surface area (Å²) in [6.07, 6.45) is 2.85. The summed E-state index contributed by atoms with van der Waals surface area (Å²) in [5.41, 5.74) is 2.20. The maximum absolute atomic E-state index is 15.1. The number of anilines is 2. The van der Waals surface area contributed by atoms with E-state index in [4.69, 9.17) is 0 Å². The number of benzene rings is 3. The molecule has 0 saturated carbocycles. The molecule has 0 radical (unpaired) electrons. The zero-order valence-electron chi connectivity index (χ0n) is 20.4. The Morgan fingerprint density at radius 1 is 1.08 bits per heavy atom.